The van der Waals surface area contributed by atoms with Crippen LogP contribution in [0.1, 0.15) is 33.1 Å². The van der Waals surface area contributed by atoms with Crippen molar-refractivity contribution < 1.29 is 23.3 Å². The van der Waals surface area contributed by atoms with Crippen LogP contribution in [0, 0.1) is 0 Å². The van der Waals surface area contributed by atoms with Crippen molar-refractivity contribution in [3.8, 4) is 11.1 Å². The van der Waals surface area contributed by atoms with E-state index in [9.17, 15) is 13.2 Å². The van der Waals surface area contributed by atoms with E-state index in [0.29, 0.717) is 17.3 Å². The minimum Gasteiger partial charge on any atom is -0.289 e. The maximum absolute atomic E-state index is 13.2. The van der Waals surface area contributed by atoms with E-state index in [4.69, 9.17) is 10.0 Å². The van der Waals surface area contributed by atoms with E-state index in [-0.39, 0.29) is 17.9 Å². The largest absolute Gasteiger partial charge is 0.289 e. The fourth-order valence-electron chi connectivity index (χ4n) is 2.74. The van der Waals surface area contributed by atoms with Gasteiger partial charge in [-0.2, -0.15) is 0 Å². The predicted molar refractivity (Wildman–Crippen MR) is 106 cm³/mol. The number of rotatable bonds is 10. The SMILES string of the molecule is CCCON(C(CCC)C(=O)NO)S(=O)(=O)c1ccc(-c2ccccc2)cc1. The summed E-state index contributed by atoms with van der Waals surface area (Å²) >= 11 is 0. The molecule has 2 aromatic carbocycles. The van der Waals surface area contributed by atoms with Crippen LogP contribution in [0.3, 0.4) is 0 Å². The molecule has 8 heteroatoms. The van der Waals surface area contributed by atoms with Gasteiger partial charge in [0, 0.05) is 0 Å². The lowest BCUT2D eigenvalue weighted by Gasteiger charge is -2.28. The minimum atomic E-state index is -4.11. The smallest absolute Gasteiger partial charge is 0.265 e. The quantitative estimate of drug-likeness (QED) is 0.466. The first-order valence-electron chi connectivity index (χ1n) is 9.22. The van der Waals surface area contributed by atoms with Crippen LogP contribution in [0.15, 0.2) is 59.5 Å². The van der Waals surface area contributed by atoms with Crippen LogP contribution in [0.5, 0.6) is 0 Å². The van der Waals surface area contributed by atoms with Crippen LogP contribution in [0.4, 0.5) is 0 Å². The van der Waals surface area contributed by atoms with Crippen molar-refractivity contribution >= 4 is 15.9 Å². The van der Waals surface area contributed by atoms with Crippen LogP contribution in [-0.2, 0) is 19.7 Å². The zero-order valence-electron chi connectivity index (χ0n) is 16.0. The van der Waals surface area contributed by atoms with Crippen LogP contribution in [-0.4, -0.2) is 36.6 Å². The van der Waals surface area contributed by atoms with Gasteiger partial charge in [-0.25, -0.2) is 13.9 Å². The fraction of sp³-hybridized carbons (Fsp3) is 0.350. The molecule has 1 amide bonds. The topological polar surface area (TPSA) is 95.9 Å². The number of hydrogen-bond donors (Lipinski definition) is 2. The molecule has 0 radical (unpaired) electrons. The molecule has 28 heavy (non-hydrogen) atoms. The highest BCUT2D eigenvalue weighted by Crippen LogP contribution is 2.25. The average molecular weight is 407 g/mol. The lowest BCUT2D eigenvalue weighted by molar-refractivity contribution is -0.155. The second-order valence-electron chi connectivity index (χ2n) is 6.26. The summed E-state index contributed by atoms with van der Waals surface area (Å²) in [6.45, 7) is 3.78. The summed E-state index contributed by atoms with van der Waals surface area (Å²) in [5.74, 6) is -0.831. The number of hydroxylamine groups is 2. The second-order valence-corrected chi connectivity index (χ2v) is 8.05. The molecule has 152 valence electrons. The van der Waals surface area contributed by atoms with E-state index < -0.39 is 22.0 Å². The van der Waals surface area contributed by atoms with Gasteiger partial charge in [-0.3, -0.25) is 14.8 Å². The van der Waals surface area contributed by atoms with Crippen molar-refractivity contribution in [3.05, 3.63) is 54.6 Å². The van der Waals surface area contributed by atoms with Gasteiger partial charge in [0.2, 0.25) is 0 Å². The summed E-state index contributed by atoms with van der Waals surface area (Å²) in [5.41, 5.74) is 3.38. The highest BCUT2D eigenvalue weighted by Gasteiger charge is 2.36. The number of benzene rings is 2. The van der Waals surface area contributed by atoms with Crippen molar-refractivity contribution in [1.29, 1.82) is 0 Å². The Morgan fingerprint density at radius 3 is 2.18 bits per heavy atom. The van der Waals surface area contributed by atoms with Gasteiger partial charge >= 0.3 is 0 Å². The highest BCUT2D eigenvalue weighted by molar-refractivity contribution is 7.89. The molecule has 0 saturated carbocycles. The third-order valence-corrected chi connectivity index (χ3v) is 5.85. The Morgan fingerprint density at radius 2 is 1.64 bits per heavy atom. The van der Waals surface area contributed by atoms with Crippen LogP contribution >= 0.6 is 0 Å². The van der Waals surface area contributed by atoms with Gasteiger partial charge < -0.3 is 0 Å². The first kappa shape index (κ1) is 22.0. The van der Waals surface area contributed by atoms with Gasteiger partial charge in [0.1, 0.15) is 6.04 Å². The molecule has 2 N–H and O–H groups in total. The molecule has 0 spiro atoms. The molecule has 0 bridgehead atoms. The molecular formula is C20H26N2O5S. The number of nitrogens with zero attached hydrogens (tertiary/aromatic N) is 1. The van der Waals surface area contributed by atoms with E-state index in [1.165, 1.54) is 17.6 Å². The Hall–Kier alpha value is -2.26. The molecule has 0 saturated heterocycles. The van der Waals surface area contributed by atoms with Crippen molar-refractivity contribution in [2.45, 2.75) is 44.0 Å². The van der Waals surface area contributed by atoms with Gasteiger partial charge in [0.15, 0.2) is 0 Å². The molecule has 0 aliphatic carbocycles. The van der Waals surface area contributed by atoms with Gasteiger partial charge in [-0.1, -0.05) is 67.2 Å². The fourth-order valence-corrected chi connectivity index (χ4v) is 4.18. The van der Waals surface area contributed by atoms with E-state index >= 15 is 0 Å². The van der Waals surface area contributed by atoms with Crippen molar-refractivity contribution in [3.63, 3.8) is 0 Å². The molecular weight excluding hydrogens is 380 g/mol. The summed E-state index contributed by atoms with van der Waals surface area (Å²) in [7, 11) is -4.11. The third-order valence-electron chi connectivity index (χ3n) is 4.15. The summed E-state index contributed by atoms with van der Waals surface area (Å²) in [5, 5.41) is 9.03. The number of sulfonamides is 1. The first-order chi connectivity index (χ1) is 13.5. The molecule has 7 nitrogen and oxygen atoms in total. The second kappa shape index (κ2) is 10.3. The Bertz CT molecular complexity index is 854. The Kier molecular flexibility index (Phi) is 8.13. The Balaban J connectivity index is 2.39. The summed E-state index contributed by atoms with van der Waals surface area (Å²) in [6.07, 6.45) is 1.31. The number of carbonyl (C=O) groups excluding carboxylic acids is 1. The summed E-state index contributed by atoms with van der Waals surface area (Å²) in [6, 6.07) is 14.8. The number of amides is 1. The molecule has 2 rings (SSSR count). The number of nitrogens with one attached hydrogen (secondary N) is 1. The molecule has 1 unspecified atom stereocenters. The standard InChI is InChI=1S/C20H26N2O5S/c1-3-8-19(20(23)21-24)22(27-15-4-2)28(25,26)18-13-11-17(12-14-18)16-9-6-5-7-10-16/h5-7,9-14,19,24H,3-4,8,15H2,1-2H3,(H,21,23). The van der Waals surface area contributed by atoms with Crippen molar-refractivity contribution in [2.24, 2.45) is 0 Å². The van der Waals surface area contributed by atoms with Gasteiger partial charge in [-0.05, 0) is 36.1 Å². The maximum atomic E-state index is 13.2. The molecule has 0 fully saturated rings. The molecule has 0 heterocycles. The minimum absolute atomic E-state index is 0.00938. The number of hydrogen-bond acceptors (Lipinski definition) is 5. The van der Waals surface area contributed by atoms with Crippen LogP contribution in [0.2, 0.25) is 0 Å². The molecule has 2 aromatic rings. The normalized spacial score (nSPS) is 12.7. The molecule has 1 atom stereocenters. The van der Waals surface area contributed by atoms with Gasteiger partial charge in [-0.15, -0.1) is 0 Å². The molecule has 0 aliphatic heterocycles. The lowest BCUT2D eigenvalue weighted by atomic mass is 10.1. The van der Waals surface area contributed by atoms with Crippen molar-refractivity contribution in [2.75, 3.05) is 6.61 Å². The lowest BCUT2D eigenvalue weighted by Crippen LogP contribution is -2.48. The van der Waals surface area contributed by atoms with E-state index in [1.54, 1.807) is 12.1 Å². The Labute approximate surface area is 165 Å². The monoisotopic (exact) mass is 406 g/mol. The molecule has 0 aliphatic rings. The molecule has 0 aromatic heterocycles. The first-order valence-corrected chi connectivity index (χ1v) is 10.7. The predicted octanol–water partition coefficient (Wildman–Crippen LogP) is 3.36. The van der Waals surface area contributed by atoms with Gasteiger partial charge in [0.25, 0.3) is 15.9 Å². The maximum Gasteiger partial charge on any atom is 0.265 e. The number of carbonyl (C=O) groups is 1. The third kappa shape index (κ3) is 5.17. The van der Waals surface area contributed by atoms with Crippen LogP contribution < -0.4 is 5.48 Å². The van der Waals surface area contributed by atoms with E-state index in [2.05, 4.69) is 0 Å². The van der Waals surface area contributed by atoms with Crippen LogP contribution in [0.25, 0.3) is 11.1 Å². The zero-order valence-corrected chi connectivity index (χ0v) is 16.9. The van der Waals surface area contributed by atoms with E-state index in [0.717, 1.165) is 11.1 Å². The summed E-state index contributed by atoms with van der Waals surface area (Å²) in [4.78, 5) is 17.5. The average Bonchev–Trinajstić information content (AvgIpc) is 2.73. The summed E-state index contributed by atoms with van der Waals surface area (Å²) < 4.78 is 27.0. The Morgan fingerprint density at radius 1 is 1.04 bits per heavy atom. The van der Waals surface area contributed by atoms with E-state index in [1.807, 2.05) is 44.2 Å². The van der Waals surface area contributed by atoms with Gasteiger partial charge in [0.05, 0.1) is 11.5 Å². The van der Waals surface area contributed by atoms with Crippen molar-refractivity contribution in [1.82, 2.24) is 9.95 Å². The highest BCUT2D eigenvalue weighted by atomic mass is 32.2. The zero-order chi connectivity index (χ0) is 20.6.